The Kier molecular flexibility index (Phi) is 5.27. The molecule has 2 N–H and O–H groups in total. The van der Waals surface area contributed by atoms with Crippen molar-refractivity contribution >= 4 is 29.1 Å². The molecule has 0 radical (unpaired) electrons. The van der Waals surface area contributed by atoms with Crippen molar-refractivity contribution in [2.75, 3.05) is 11.9 Å². The second-order valence-corrected chi connectivity index (χ2v) is 4.77. The Morgan fingerprint density at radius 3 is 2.73 bits per heavy atom. The maximum absolute atomic E-state index is 12.2. The highest BCUT2D eigenvalue weighted by atomic mass is 35.5. The maximum atomic E-state index is 12.2. The predicted octanol–water partition coefficient (Wildman–Crippen LogP) is 2.90. The Bertz CT molecular complexity index is 716. The molecule has 1 aromatic heterocycles. The molecule has 0 unspecified atom stereocenters. The van der Waals surface area contributed by atoms with Crippen LogP contribution in [0.3, 0.4) is 0 Å². The lowest BCUT2D eigenvalue weighted by Crippen LogP contribution is -2.24. The highest BCUT2D eigenvalue weighted by Crippen LogP contribution is 2.21. The van der Waals surface area contributed by atoms with Gasteiger partial charge in [-0.25, -0.2) is 0 Å². The average Bonchev–Trinajstić information content (AvgIpc) is 2.54. The molecule has 0 atom stereocenters. The number of hydrogen-bond acceptors (Lipinski definition) is 3. The van der Waals surface area contributed by atoms with Gasteiger partial charge in [0.05, 0.1) is 10.7 Å². The number of rotatable bonds is 5. The molecule has 0 saturated heterocycles. The van der Waals surface area contributed by atoms with E-state index in [0.717, 1.165) is 0 Å². The summed E-state index contributed by atoms with van der Waals surface area (Å²) in [6, 6.07) is 9.85. The molecule has 0 aliphatic carbocycles. The van der Waals surface area contributed by atoms with Crippen LogP contribution < -0.4 is 10.6 Å². The minimum atomic E-state index is -0.368. The van der Waals surface area contributed by atoms with Crippen LogP contribution in [-0.4, -0.2) is 23.3 Å². The van der Waals surface area contributed by atoms with Gasteiger partial charge in [-0.15, -0.1) is 6.58 Å². The van der Waals surface area contributed by atoms with E-state index in [0.29, 0.717) is 22.8 Å². The van der Waals surface area contributed by atoms with E-state index in [1.165, 1.54) is 18.3 Å². The molecule has 6 heteroatoms. The van der Waals surface area contributed by atoms with E-state index < -0.39 is 0 Å². The number of carbonyl (C=O) groups is 2. The molecule has 22 heavy (non-hydrogen) atoms. The van der Waals surface area contributed by atoms with Crippen molar-refractivity contribution in [1.29, 1.82) is 0 Å². The third-order valence-corrected chi connectivity index (χ3v) is 3.11. The fourth-order valence-corrected chi connectivity index (χ4v) is 1.89. The molecule has 0 aliphatic heterocycles. The lowest BCUT2D eigenvalue weighted by Gasteiger charge is -2.08. The molecule has 2 amide bonds. The van der Waals surface area contributed by atoms with Crippen LogP contribution in [0, 0.1) is 0 Å². The average molecular weight is 316 g/mol. The molecule has 0 spiro atoms. The van der Waals surface area contributed by atoms with Crippen molar-refractivity contribution in [3.63, 3.8) is 0 Å². The minimum absolute atomic E-state index is 0.161. The Labute approximate surface area is 133 Å². The van der Waals surface area contributed by atoms with Gasteiger partial charge >= 0.3 is 0 Å². The Balaban J connectivity index is 2.15. The summed E-state index contributed by atoms with van der Waals surface area (Å²) in [7, 11) is 0. The van der Waals surface area contributed by atoms with Gasteiger partial charge in [-0.2, -0.15) is 0 Å². The second-order valence-electron chi connectivity index (χ2n) is 4.36. The summed E-state index contributed by atoms with van der Waals surface area (Å²) in [5.41, 5.74) is 0.982. The number of para-hydroxylation sites is 1. The summed E-state index contributed by atoms with van der Waals surface area (Å²) < 4.78 is 0. The molecule has 5 nitrogen and oxygen atoms in total. The zero-order chi connectivity index (χ0) is 15.9. The Morgan fingerprint density at radius 1 is 1.23 bits per heavy atom. The van der Waals surface area contributed by atoms with Crippen LogP contribution >= 0.6 is 11.6 Å². The number of nitrogens with one attached hydrogen (secondary N) is 2. The van der Waals surface area contributed by atoms with Gasteiger partial charge in [-0.3, -0.25) is 14.6 Å². The highest BCUT2D eigenvalue weighted by molar-refractivity contribution is 6.33. The first kappa shape index (κ1) is 15.7. The Hall–Kier alpha value is -2.66. The van der Waals surface area contributed by atoms with Crippen LogP contribution in [0.2, 0.25) is 5.02 Å². The topological polar surface area (TPSA) is 71.1 Å². The second kappa shape index (κ2) is 7.38. The van der Waals surface area contributed by atoms with Gasteiger partial charge < -0.3 is 10.6 Å². The number of carbonyl (C=O) groups excluding carboxylic acids is 2. The quantitative estimate of drug-likeness (QED) is 0.833. The van der Waals surface area contributed by atoms with Crippen molar-refractivity contribution < 1.29 is 9.59 Å². The normalized spacial score (nSPS) is 9.86. The molecule has 2 aromatic rings. The summed E-state index contributed by atoms with van der Waals surface area (Å²) in [5.74, 6) is -0.736. The largest absolute Gasteiger partial charge is 0.347 e. The van der Waals surface area contributed by atoms with Gasteiger partial charge in [0.1, 0.15) is 5.69 Å². The van der Waals surface area contributed by atoms with Crippen LogP contribution in [0.15, 0.2) is 55.3 Å². The Morgan fingerprint density at radius 2 is 2.00 bits per heavy atom. The number of anilines is 1. The molecule has 1 aromatic carbocycles. The first-order valence-corrected chi connectivity index (χ1v) is 6.90. The summed E-state index contributed by atoms with van der Waals surface area (Å²) >= 11 is 5.99. The van der Waals surface area contributed by atoms with Crippen molar-refractivity contribution in [2.24, 2.45) is 0 Å². The molecular formula is C16H14ClN3O2. The summed E-state index contributed by atoms with van der Waals surface area (Å²) in [6.07, 6.45) is 2.97. The van der Waals surface area contributed by atoms with Crippen LogP contribution in [0.4, 0.5) is 5.69 Å². The number of hydrogen-bond donors (Lipinski definition) is 2. The number of halogens is 1. The number of pyridine rings is 1. The van der Waals surface area contributed by atoms with E-state index in [-0.39, 0.29) is 17.5 Å². The van der Waals surface area contributed by atoms with Gasteiger partial charge in [0, 0.05) is 18.3 Å². The third kappa shape index (κ3) is 3.93. The van der Waals surface area contributed by atoms with Gasteiger partial charge in [0.15, 0.2) is 0 Å². The third-order valence-electron chi connectivity index (χ3n) is 2.78. The van der Waals surface area contributed by atoms with Gasteiger partial charge in [-0.1, -0.05) is 29.8 Å². The molecule has 0 fully saturated rings. The zero-order valence-electron chi connectivity index (χ0n) is 11.7. The fraction of sp³-hybridized carbons (Fsp3) is 0.0625. The molecule has 0 saturated carbocycles. The molecular weight excluding hydrogens is 302 g/mol. The molecule has 0 bridgehead atoms. The first-order chi connectivity index (χ1) is 10.6. The standard InChI is InChI=1S/C16H14ClN3O2/c1-2-8-19-16(22)14-10-11(7-9-18-14)15(21)20-13-6-4-3-5-12(13)17/h2-7,9-10H,1,8H2,(H,19,22)(H,20,21). The molecule has 0 aliphatic rings. The highest BCUT2D eigenvalue weighted by Gasteiger charge is 2.12. The lowest BCUT2D eigenvalue weighted by molar-refractivity contribution is 0.0953. The monoisotopic (exact) mass is 315 g/mol. The van der Waals surface area contributed by atoms with Gasteiger partial charge in [0.2, 0.25) is 0 Å². The SMILES string of the molecule is C=CCNC(=O)c1cc(C(=O)Nc2ccccc2Cl)ccn1. The van der Waals surface area contributed by atoms with Crippen LogP contribution in [-0.2, 0) is 0 Å². The number of nitrogens with zero attached hydrogens (tertiary/aromatic N) is 1. The molecule has 1 heterocycles. The summed E-state index contributed by atoms with van der Waals surface area (Å²) in [4.78, 5) is 28.0. The predicted molar refractivity (Wildman–Crippen MR) is 86.2 cm³/mol. The van der Waals surface area contributed by atoms with Crippen LogP contribution in [0.1, 0.15) is 20.8 Å². The summed E-state index contributed by atoms with van der Waals surface area (Å²) in [6.45, 7) is 3.85. The van der Waals surface area contributed by atoms with Gasteiger partial charge in [0.25, 0.3) is 11.8 Å². The summed E-state index contributed by atoms with van der Waals surface area (Å²) in [5, 5.41) is 5.73. The van der Waals surface area contributed by atoms with Crippen molar-refractivity contribution in [1.82, 2.24) is 10.3 Å². The van der Waals surface area contributed by atoms with E-state index >= 15 is 0 Å². The van der Waals surface area contributed by atoms with Crippen molar-refractivity contribution in [3.8, 4) is 0 Å². The maximum Gasteiger partial charge on any atom is 0.270 e. The van der Waals surface area contributed by atoms with Crippen LogP contribution in [0.25, 0.3) is 0 Å². The number of aromatic nitrogens is 1. The fourth-order valence-electron chi connectivity index (χ4n) is 1.71. The minimum Gasteiger partial charge on any atom is -0.347 e. The van der Waals surface area contributed by atoms with E-state index in [4.69, 9.17) is 11.6 Å². The first-order valence-electron chi connectivity index (χ1n) is 6.53. The van der Waals surface area contributed by atoms with Crippen LogP contribution in [0.5, 0.6) is 0 Å². The lowest BCUT2D eigenvalue weighted by atomic mass is 10.2. The molecule has 112 valence electrons. The smallest absolute Gasteiger partial charge is 0.270 e. The number of amides is 2. The zero-order valence-corrected chi connectivity index (χ0v) is 12.4. The van der Waals surface area contributed by atoms with Gasteiger partial charge in [-0.05, 0) is 24.3 Å². The van der Waals surface area contributed by atoms with Crippen molar-refractivity contribution in [2.45, 2.75) is 0 Å². The van der Waals surface area contributed by atoms with E-state index in [2.05, 4.69) is 22.2 Å². The van der Waals surface area contributed by atoms with E-state index in [1.54, 1.807) is 30.3 Å². The van der Waals surface area contributed by atoms with Crippen molar-refractivity contribution in [3.05, 3.63) is 71.5 Å². The number of benzene rings is 1. The van der Waals surface area contributed by atoms with E-state index in [9.17, 15) is 9.59 Å². The van der Waals surface area contributed by atoms with E-state index in [1.807, 2.05) is 0 Å². The molecule has 2 rings (SSSR count).